The molecular formula is C42H54Cl3IN4O11S3. The van der Waals surface area contributed by atoms with Gasteiger partial charge in [-0.15, -0.1) is 0 Å². The number of halogens is 4. The predicted octanol–water partition coefficient (Wildman–Crippen LogP) is 8.56. The van der Waals surface area contributed by atoms with Crippen LogP contribution >= 0.6 is 56.5 Å². The van der Waals surface area contributed by atoms with E-state index in [-0.39, 0.29) is 9.79 Å². The number of hydrogen-bond donors (Lipinski definition) is 4. The van der Waals surface area contributed by atoms with Gasteiger partial charge in [0.15, 0.2) is 0 Å². The minimum absolute atomic E-state index is 0.0505. The average molecular weight is 1120 g/mol. The van der Waals surface area contributed by atoms with Crippen molar-refractivity contribution in [1.29, 1.82) is 0 Å². The van der Waals surface area contributed by atoms with Crippen molar-refractivity contribution in [3.63, 3.8) is 0 Å². The van der Waals surface area contributed by atoms with E-state index in [1.54, 1.807) is 36.4 Å². The van der Waals surface area contributed by atoms with Crippen LogP contribution in [-0.2, 0) is 39.2 Å². The Kier molecular flexibility index (Phi) is 27.0. The maximum atomic E-state index is 11.0. The van der Waals surface area contributed by atoms with Gasteiger partial charge >= 0.3 is 20.9 Å². The molecule has 0 atom stereocenters. The van der Waals surface area contributed by atoms with Crippen LogP contribution in [0.4, 0.5) is 17.1 Å². The number of para-hydroxylation sites is 1. The Morgan fingerprint density at radius 3 is 1.02 bits per heavy atom. The SMILES string of the molecule is C1CCNC1.Ic1ccccc1.O=C(Cl)C(=O)Cl.O=S(=O)(Cl)c1ccc(N2CCCC2)cc1.O=S(=O)(O)O.O=S(=O)(O)c1ccc(N2CCCC2)cc1.c1ccc(N2CCCC2)cc1. The van der Waals surface area contributed by atoms with Crippen LogP contribution in [0, 0.1) is 3.57 Å². The summed E-state index contributed by atoms with van der Waals surface area (Å²) in [5.74, 6) is 0. The van der Waals surface area contributed by atoms with E-state index in [0.717, 1.165) is 37.6 Å². The van der Waals surface area contributed by atoms with Gasteiger partial charge in [-0.3, -0.25) is 23.2 Å². The van der Waals surface area contributed by atoms with Gasteiger partial charge in [0.25, 0.3) is 19.2 Å². The third kappa shape index (κ3) is 26.2. The van der Waals surface area contributed by atoms with Gasteiger partial charge in [0, 0.05) is 70.6 Å². The topological polar surface area (TPSA) is 219 Å². The van der Waals surface area contributed by atoms with Crippen molar-refractivity contribution in [2.24, 2.45) is 0 Å². The highest BCUT2D eigenvalue weighted by Crippen LogP contribution is 2.24. The smallest absolute Gasteiger partial charge is 0.372 e. The maximum absolute atomic E-state index is 11.0. The molecule has 0 aromatic heterocycles. The second kappa shape index (κ2) is 30.2. The molecule has 354 valence electrons. The zero-order valence-corrected chi connectivity index (χ0v) is 41.8. The number of carbonyl (C=O) groups excluding carboxylic acids is 2. The van der Waals surface area contributed by atoms with Crippen LogP contribution in [0.3, 0.4) is 0 Å². The second-order valence-corrected chi connectivity index (χ2v) is 20.9. The maximum Gasteiger partial charge on any atom is 0.394 e. The molecule has 4 aliphatic heterocycles. The summed E-state index contributed by atoms with van der Waals surface area (Å²) in [7, 11) is -7.09. The van der Waals surface area contributed by atoms with E-state index >= 15 is 0 Å². The first-order chi connectivity index (χ1) is 30.1. The zero-order chi connectivity index (χ0) is 47.6. The Labute approximate surface area is 405 Å². The lowest BCUT2D eigenvalue weighted by Gasteiger charge is -2.17. The molecule has 0 saturated carbocycles. The molecule has 4 saturated heterocycles. The van der Waals surface area contributed by atoms with Gasteiger partial charge < -0.3 is 20.0 Å². The Morgan fingerprint density at radius 2 is 0.781 bits per heavy atom. The summed E-state index contributed by atoms with van der Waals surface area (Å²) in [6.07, 6.45) is 10.3. The molecule has 0 radical (unpaired) electrons. The molecule has 4 N–H and O–H groups in total. The molecule has 4 heterocycles. The molecule has 0 spiro atoms. The number of carbonyl (C=O) groups is 2. The Morgan fingerprint density at radius 1 is 0.484 bits per heavy atom. The summed E-state index contributed by atoms with van der Waals surface area (Å²) in [5.41, 5.74) is 3.46. The molecule has 0 amide bonds. The van der Waals surface area contributed by atoms with E-state index in [1.807, 2.05) is 18.2 Å². The second-order valence-electron chi connectivity index (χ2n) is 14.1. The average Bonchev–Trinajstić information content (AvgIpc) is 4.11. The van der Waals surface area contributed by atoms with Gasteiger partial charge in [0.1, 0.15) is 0 Å². The van der Waals surface area contributed by atoms with Crippen LogP contribution in [0.15, 0.2) is 119 Å². The number of benzene rings is 4. The van der Waals surface area contributed by atoms with Gasteiger partial charge in [-0.1, -0.05) is 36.4 Å². The first-order valence-electron chi connectivity index (χ1n) is 20.1. The highest BCUT2D eigenvalue weighted by Gasteiger charge is 2.16. The lowest BCUT2D eigenvalue weighted by molar-refractivity contribution is -0.127. The van der Waals surface area contributed by atoms with E-state index in [0.29, 0.717) is 0 Å². The molecule has 4 aliphatic rings. The van der Waals surface area contributed by atoms with Gasteiger partial charge in [-0.2, -0.15) is 16.8 Å². The fraction of sp³-hybridized carbons (Fsp3) is 0.381. The molecule has 4 fully saturated rings. The van der Waals surface area contributed by atoms with Crippen LogP contribution in [0.25, 0.3) is 0 Å². The predicted molar refractivity (Wildman–Crippen MR) is 264 cm³/mol. The molecular weight excluding hydrogens is 1070 g/mol. The molecule has 0 bridgehead atoms. The van der Waals surface area contributed by atoms with Crippen LogP contribution in [0.2, 0.25) is 0 Å². The molecule has 0 aliphatic carbocycles. The number of rotatable bonds is 6. The fourth-order valence-corrected chi connectivity index (χ4v) is 7.92. The summed E-state index contributed by atoms with van der Waals surface area (Å²) >= 11 is 11.3. The lowest BCUT2D eigenvalue weighted by Crippen LogP contribution is -2.17. The molecule has 15 nitrogen and oxygen atoms in total. The molecule has 0 unspecified atom stereocenters. The summed E-state index contributed by atoms with van der Waals surface area (Å²) in [5, 5.41) is 0.938. The van der Waals surface area contributed by atoms with Gasteiger partial charge in [-0.05, 0) is 183 Å². The quantitative estimate of drug-likeness (QED) is 0.0615. The van der Waals surface area contributed by atoms with Gasteiger partial charge in [-0.25, -0.2) is 8.42 Å². The number of hydrogen-bond acceptors (Lipinski definition) is 12. The highest BCUT2D eigenvalue weighted by molar-refractivity contribution is 14.1. The summed E-state index contributed by atoms with van der Waals surface area (Å²) in [4.78, 5) is 25.9. The minimum Gasteiger partial charge on any atom is -0.372 e. The first-order valence-corrected chi connectivity index (χ1v) is 27.1. The van der Waals surface area contributed by atoms with Gasteiger partial charge in [0.05, 0.1) is 9.79 Å². The van der Waals surface area contributed by atoms with Crippen LogP contribution in [-0.4, -0.2) is 102 Å². The van der Waals surface area contributed by atoms with Crippen LogP contribution < -0.4 is 20.0 Å². The molecule has 4 aromatic carbocycles. The van der Waals surface area contributed by atoms with Gasteiger partial charge in [0.2, 0.25) is 0 Å². The van der Waals surface area contributed by atoms with E-state index in [9.17, 15) is 26.4 Å². The summed E-state index contributed by atoms with van der Waals surface area (Å²) < 4.78 is 85.3. The van der Waals surface area contributed by atoms with Crippen molar-refractivity contribution in [1.82, 2.24) is 5.32 Å². The van der Waals surface area contributed by atoms with Crippen LogP contribution in [0.1, 0.15) is 51.4 Å². The van der Waals surface area contributed by atoms with Crippen molar-refractivity contribution in [3.05, 3.63) is 113 Å². The fourth-order valence-electron chi connectivity index (χ4n) is 6.25. The van der Waals surface area contributed by atoms with Crippen molar-refractivity contribution in [3.8, 4) is 0 Å². The van der Waals surface area contributed by atoms with E-state index in [4.69, 9.17) is 32.8 Å². The zero-order valence-electron chi connectivity index (χ0n) is 34.9. The standard InChI is InChI=1S/C10H12ClNO2S.C10H13NO3S.C10H13N.C6H5I.C4H9N.C2Cl2O2.H2O4S/c11-15(13,14)10-5-3-9(4-6-10)12-7-1-2-8-12;12-15(13,14)10-5-3-9(4-6-10)11-7-1-2-8-11;1-2-6-10(7-3-1)11-8-4-5-9-11;7-6-4-2-1-3-5-6;1-2-4-5-3-1;3-1(5)2(4)6;1-5(2,3)4/h3-6H,1-2,7-8H2;3-6H,1-2,7-8H2,(H,12,13,14);1-3,6-7H,4-5,8-9H2;1-5H;5H,1-4H2;;(H2,1,2,3,4). The first kappa shape index (κ1) is 57.0. The van der Waals surface area contributed by atoms with E-state index < -0.39 is 40.1 Å². The molecule has 64 heavy (non-hydrogen) atoms. The number of nitrogens with one attached hydrogen (secondary N) is 1. The Balaban J connectivity index is 0.000000269. The summed E-state index contributed by atoms with van der Waals surface area (Å²) in [6.45, 7) is 9.12. The minimum atomic E-state index is -4.67. The van der Waals surface area contributed by atoms with Crippen molar-refractivity contribution >= 4 is 114 Å². The Bertz CT molecular complexity index is 2170. The van der Waals surface area contributed by atoms with Crippen LogP contribution in [0.5, 0.6) is 0 Å². The lowest BCUT2D eigenvalue weighted by atomic mass is 10.3. The normalized spacial score (nSPS) is 15.4. The monoisotopic (exact) mass is 1120 g/mol. The molecule has 8 rings (SSSR count). The van der Waals surface area contributed by atoms with Crippen molar-refractivity contribution < 1.29 is 48.5 Å². The number of anilines is 3. The molecule has 4 aromatic rings. The summed E-state index contributed by atoms with van der Waals surface area (Å²) in [6, 6.07) is 33.9. The third-order valence-electron chi connectivity index (χ3n) is 9.27. The largest absolute Gasteiger partial charge is 0.394 e. The Hall–Kier alpha value is -3.09. The van der Waals surface area contributed by atoms with E-state index in [1.165, 1.54) is 98.9 Å². The van der Waals surface area contributed by atoms with Crippen molar-refractivity contribution in [2.75, 3.05) is 67.1 Å². The number of nitrogens with zero attached hydrogens (tertiary/aromatic N) is 3. The molecule has 22 heteroatoms. The van der Waals surface area contributed by atoms with Crippen molar-refractivity contribution in [2.45, 2.75) is 61.2 Å². The van der Waals surface area contributed by atoms with E-state index in [2.05, 4.69) is 108 Å². The highest BCUT2D eigenvalue weighted by atomic mass is 127. The third-order valence-corrected chi connectivity index (χ3v) is 12.7.